The van der Waals surface area contributed by atoms with Crippen molar-refractivity contribution in [3.8, 4) is 0 Å². The number of carbonyl (C=O) groups is 2. The molecule has 0 atom stereocenters. The van der Waals surface area contributed by atoms with E-state index in [2.05, 4.69) is 33.2 Å². The highest BCUT2D eigenvalue weighted by Crippen LogP contribution is 2.17. The van der Waals surface area contributed by atoms with Gasteiger partial charge in [-0.05, 0) is 52.4 Å². The first-order chi connectivity index (χ1) is 10.0. The summed E-state index contributed by atoms with van der Waals surface area (Å²) in [4.78, 5) is 22.8. The van der Waals surface area contributed by atoms with E-state index < -0.39 is 12.0 Å². The molecule has 0 saturated carbocycles. The topological polar surface area (TPSA) is 78.4 Å². The SMILES string of the molecule is O=C(O)Cc1ccccc1NC(=O)Nc1cccc(I)c1. The summed E-state index contributed by atoms with van der Waals surface area (Å²) in [5.41, 5.74) is 1.72. The van der Waals surface area contributed by atoms with E-state index in [0.29, 0.717) is 16.9 Å². The van der Waals surface area contributed by atoms with E-state index in [0.717, 1.165) is 3.57 Å². The number of nitrogens with one attached hydrogen (secondary N) is 2. The molecule has 2 amide bonds. The third kappa shape index (κ3) is 4.75. The molecule has 0 saturated heterocycles. The van der Waals surface area contributed by atoms with Crippen molar-refractivity contribution >= 4 is 46.0 Å². The average molecular weight is 396 g/mol. The van der Waals surface area contributed by atoms with Crippen LogP contribution >= 0.6 is 22.6 Å². The fraction of sp³-hybridized carbons (Fsp3) is 0.0667. The molecule has 5 nitrogen and oxygen atoms in total. The zero-order valence-electron chi connectivity index (χ0n) is 11.0. The van der Waals surface area contributed by atoms with Crippen molar-refractivity contribution in [2.75, 3.05) is 10.6 Å². The summed E-state index contributed by atoms with van der Waals surface area (Å²) in [5.74, 6) is -0.942. The van der Waals surface area contributed by atoms with Gasteiger partial charge in [0.2, 0.25) is 0 Å². The first kappa shape index (κ1) is 15.3. The number of anilines is 2. The van der Waals surface area contributed by atoms with Crippen LogP contribution in [0.4, 0.5) is 16.2 Å². The molecule has 2 aromatic rings. The van der Waals surface area contributed by atoms with Crippen molar-refractivity contribution < 1.29 is 14.7 Å². The number of carboxylic acid groups (broad SMARTS) is 1. The van der Waals surface area contributed by atoms with E-state index in [-0.39, 0.29) is 6.42 Å². The van der Waals surface area contributed by atoms with E-state index in [9.17, 15) is 9.59 Å². The predicted molar refractivity (Wildman–Crippen MR) is 89.6 cm³/mol. The summed E-state index contributed by atoms with van der Waals surface area (Å²) in [6, 6.07) is 13.8. The maximum absolute atomic E-state index is 12.0. The molecule has 0 radical (unpaired) electrons. The highest BCUT2D eigenvalue weighted by atomic mass is 127. The van der Waals surface area contributed by atoms with Crippen LogP contribution in [0.15, 0.2) is 48.5 Å². The van der Waals surface area contributed by atoms with Crippen molar-refractivity contribution in [1.82, 2.24) is 0 Å². The molecule has 0 fully saturated rings. The third-order valence-electron chi connectivity index (χ3n) is 2.69. The monoisotopic (exact) mass is 396 g/mol. The van der Waals surface area contributed by atoms with Crippen molar-refractivity contribution in [2.24, 2.45) is 0 Å². The number of carboxylic acids is 1. The molecule has 0 aromatic heterocycles. The highest BCUT2D eigenvalue weighted by molar-refractivity contribution is 14.1. The van der Waals surface area contributed by atoms with Crippen LogP contribution in [0.3, 0.4) is 0 Å². The van der Waals surface area contributed by atoms with Gasteiger partial charge in [0.05, 0.1) is 6.42 Å². The number of rotatable bonds is 4. The smallest absolute Gasteiger partial charge is 0.323 e. The number of aliphatic carboxylic acids is 1. The van der Waals surface area contributed by atoms with E-state index in [4.69, 9.17) is 5.11 Å². The predicted octanol–water partition coefficient (Wildman–Crippen LogP) is 3.56. The number of amides is 2. The Kier molecular flexibility index (Phi) is 5.15. The van der Waals surface area contributed by atoms with Gasteiger partial charge in [-0.2, -0.15) is 0 Å². The Balaban J connectivity index is 2.07. The number of hydrogen-bond donors (Lipinski definition) is 3. The molecule has 0 unspecified atom stereocenters. The zero-order chi connectivity index (χ0) is 15.2. The van der Waals surface area contributed by atoms with Crippen LogP contribution in [0.25, 0.3) is 0 Å². The Labute approximate surface area is 135 Å². The molecular weight excluding hydrogens is 383 g/mol. The van der Waals surface area contributed by atoms with Crippen LogP contribution in [0.5, 0.6) is 0 Å². The molecule has 2 aromatic carbocycles. The van der Waals surface area contributed by atoms with Gasteiger partial charge in [-0.25, -0.2) is 4.79 Å². The molecular formula is C15H13IN2O3. The second kappa shape index (κ2) is 7.07. The van der Waals surface area contributed by atoms with E-state index in [1.54, 1.807) is 30.3 Å². The minimum absolute atomic E-state index is 0.139. The van der Waals surface area contributed by atoms with Crippen molar-refractivity contribution in [1.29, 1.82) is 0 Å². The Hall–Kier alpha value is -2.09. The summed E-state index contributed by atoms with van der Waals surface area (Å²) >= 11 is 2.16. The normalized spacial score (nSPS) is 9.95. The first-order valence-corrected chi connectivity index (χ1v) is 7.26. The molecule has 0 bridgehead atoms. The van der Waals surface area contributed by atoms with Gasteiger partial charge in [0.1, 0.15) is 0 Å². The summed E-state index contributed by atoms with van der Waals surface area (Å²) in [6.45, 7) is 0. The van der Waals surface area contributed by atoms with E-state index in [1.165, 1.54) is 0 Å². The van der Waals surface area contributed by atoms with Crippen molar-refractivity contribution in [2.45, 2.75) is 6.42 Å². The lowest BCUT2D eigenvalue weighted by molar-refractivity contribution is -0.136. The number of urea groups is 1. The zero-order valence-corrected chi connectivity index (χ0v) is 13.1. The van der Waals surface area contributed by atoms with Gasteiger partial charge in [0, 0.05) is 14.9 Å². The number of hydrogen-bond acceptors (Lipinski definition) is 2. The lowest BCUT2D eigenvalue weighted by Crippen LogP contribution is -2.20. The standard InChI is InChI=1S/C15H13IN2O3/c16-11-5-3-6-12(9-11)17-15(21)18-13-7-2-1-4-10(13)8-14(19)20/h1-7,9H,8H2,(H,19,20)(H2,17,18,21). The largest absolute Gasteiger partial charge is 0.481 e. The van der Waals surface area contributed by atoms with Gasteiger partial charge in [-0.15, -0.1) is 0 Å². The first-order valence-electron chi connectivity index (χ1n) is 6.18. The second-order valence-corrected chi connectivity index (χ2v) is 5.56. The lowest BCUT2D eigenvalue weighted by atomic mass is 10.1. The van der Waals surface area contributed by atoms with E-state index in [1.807, 2.05) is 18.2 Å². The fourth-order valence-electron chi connectivity index (χ4n) is 1.81. The summed E-state index contributed by atoms with van der Waals surface area (Å²) < 4.78 is 1.01. The summed E-state index contributed by atoms with van der Waals surface area (Å²) in [6.07, 6.45) is -0.139. The van der Waals surface area contributed by atoms with Gasteiger partial charge >= 0.3 is 12.0 Å². The Morgan fingerprint density at radius 2 is 1.81 bits per heavy atom. The minimum atomic E-state index is -0.942. The maximum Gasteiger partial charge on any atom is 0.323 e. The lowest BCUT2D eigenvalue weighted by Gasteiger charge is -2.11. The number of para-hydroxylation sites is 1. The molecule has 0 aliphatic rings. The van der Waals surface area contributed by atoms with Crippen LogP contribution in [0.2, 0.25) is 0 Å². The van der Waals surface area contributed by atoms with Gasteiger partial charge < -0.3 is 15.7 Å². The van der Waals surface area contributed by atoms with Gasteiger partial charge in [-0.1, -0.05) is 24.3 Å². The number of carbonyl (C=O) groups excluding carboxylic acids is 1. The quantitative estimate of drug-likeness (QED) is 0.692. The Bertz CT molecular complexity index is 673. The van der Waals surface area contributed by atoms with Gasteiger partial charge in [0.25, 0.3) is 0 Å². The molecule has 21 heavy (non-hydrogen) atoms. The average Bonchev–Trinajstić information content (AvgIpc) is 2.40. The molecule has 0 aliphatic carbocycles. The van der Waals surface area contributed by atoms with Crippen LogP contribution < -0.4 is 10.6 Å². The second-order valence-electron chi connectivity index (χ2n) is 4.32. The molecule has 0 spiro atoms. The summed E-state index contributed by atoms with van der Waals surface area (Å²) in [5, 5.41) is 14.2. The maximum atomic E-state index is 12.0. The molecule has 0 heterocycles. The number of benzene rings is 2. The number of halogens is 1. The molecule has 108 valence electrons. The molecule has 6 heteroatoms. The molecule has 2 rings (SSSR count). The fourth-order valence-corrected chi connectivity index (χ4v) is 2.35. The van der Waals surface area contributed by atoms with Crippen molar-refractivity contribution in [3.05, 3.63) is 57.7 Å². The highest BCUT2D eigenvalue weighted by Gasteiger charge is 2.09. The van der Waals surface area contributed by atoms with Crippen molar-refractivity contribution in [3.63, 3.8) is 0 Å². The van der Waals surface area contributed by atoms with E-state index >= 15 is 0 Å². The minimum Gasteiger partial charge on any atom is -0.481 e. The summed E-state index contributed by atoms with van der Waals surface area (Å²) in [7, 11) is 0. The van der Waals surface area contributed by atoms with Gasteiger partial charge in [0.15, 0.2) is 0 Å². The van der Waals surface area contributed by atoms with Crippen LogP contribution in [0, 0.1) is 3.57 Å². The van der Waals surface area contributed by atoms with Crippen LogP contribution in [-0.4, -0.2) is 17.1 Å². The third-order valence-corrected chi connectivity index (χ3v) is 3.36. The Morgan fingerprint density at radius 3 is 2.52 bits per heavy atom. The van der Waals surface area contributed by atoms with Gasteiger partial charge in [-0.3, -0.25) is 4.79 Å². The van der Waals surface area contributed by atoms with Crippen LogP contribution in [0.1, 0.15) is 5.56 Å². The van der Waals surface area contributed by atoms with Crippen LogP contribution in [-0.2, 0) is 11.2 Å². The Morgan fingerprint density at radius 1 is 1.05 bits per heavy atom. The molecule has 0 aliphatic heterocycles. The molecule has 3 N–H and O–H groups in total.